The standard InChI is InChI=1S/C24H29NO4/c26-23(27)18-13-14-20(25-16-9-5-2-6-10-16)22-19(24(28)29)12-11-17(21(18)22)15-7-3-1-4-8-15/h11-16,25H,1-10H2,(H,26,27)(H,28,29). The Balaban J connectivity index is 1.92. The predicted octanol–water partition coefficient (Wildman–Crippen LogP) is 6.03. The molecule has 3 N–H and O–H groups in total. The second-order valence-corrected chi connectivity index (χ2v) is 8.54. The predicted molar refractivity (Wildman–Crippen MR) is 114 cm³/mol. The Labute approximate surface area is 171 Å². The van der Waals surface area contributed by atoms with Crippen molar-refractivity contribution in [3.8, 4) is 0 Å². The Morgan fingerprint density at radius 1 is 0.724 bits per heavy atom. The van der Waals surface area contributed by atoms with Crippen molar-refractivity contribution in [2.24, 2.45) is 0 Å². The molecule has 0 unspecified atom stereocenters. The number of anilines is 1. The van der Waals surface area contributed by atoms with E-state index in [0.717, 1.165) is 49.8 Å². The van der Waals surface area contributed by atoms with E-state index in [9.17, 15) is 19.8 Å². The maximum atomic E-state index is 12.1. The van der Waals surface area contributed by atoms with Crippen LogP contribution < -0.4 is 5.32 Å². The van der Waals surface area contributed by atoms with Gasteiger partial charge in [-0.3, -0.25) is 0 Å². The summed E-state index contributed by atoms with van der Waals surface area (Å²) in [6, 6.07) is 7.25. The first-order valence-electron chi connectivity index (χ1n) is 10.9. The smallest absolute Gasteiger partial charge is 0.336 e. The van der Waals surface area contributed by atoms with Gasteiger partial charge in [0.05, 0.1) is 11.1 Å². The van der Waals surface area contributed by atoms with Crippen LogP contribution in [0.4, 0.5) is 5.69 Å². The summed E-state index contributed by atoms with van der Waals surface area (Å²) < 4.78 is 0. The summed E-state index contributed by atoms with van der Waals surface area (Å²) in [6.07, 6.45) is 11.2. The van der Waals surface area contributed by atoms with Crippen LogP contribution >= 0.6 is 0 Å². The molecule has 154 valence electrons. The number of carboxylic acids is 2. The third kappa shape index (κ3) is 3.96. The molecule has 2 aromatic carbocycles. The lowest BCUT2D eigenvalue weighted by atomic mass is 9.80. The lowest BCUT2D eigenvalue weighted by molar-refractivity contribution is 0.0686. The van der Waals surface area contributed by atoms with E-state index in [0.29, 0.717) is 16.8 Å². The zero-order valence-corrected chi connectivity index (χ0v) is 16.7. The molecule has 5 nitrogen and oxygen atoms in total. The van der Waals surface area contributed by atoms with Crippen LogP contribution in [-0.4, -0.2) is 28.2 Å². The van der Waals surface area contributed by atoms with Crippen molar-refractivity contribution in [1.29, 1.82) is 0 Å². The third-order valence-corrected chi connectivity index (χ3v) is 6.66. The van der Waals surface area contributed by atoms with Gasteiger partial charge in [0, 0.05) is 22.5 Å². The highest BCUT2D eigenvalue weighted by Crippen LogP contribution is 2.41. The van der Waals surface area contributed by atoms with E-state index < -0.39 is 11.9 Å². The quantitative estimate of drug-likeness (QED) is 0.575. The number of nitrogens with one attached hydrogen (secondary N) is 1. The maximum Gasteiger partial charge on any atom is 0.336 e. The van der Waals surface area contributed by atoms with Crippen LogP contribution in [0.25, 0.3) is 10.8 Å². The second kappa shape index (κ2) is 8.44. The molecule has 2 aliphatic rings. The number of hydrogen-bond acceptors (Lipinski definition) is 3. The molecule has 2 saturated carbocycles. The molecule has 0 saturated heterocycles. The lowest BCUT2D eigenvalue weighted by Gasteiger charge is -2.27. The molecular weight excluding hydrogens is 366 g/mol. The SMILES string of the molecule is O=C(O)c1ccc(C2CCCCC2)c2c(C(=O)O)ccc(NC3CCCCC3)c12. The molecule has 0 aliphatic heterocycles. The van der Waals surface area contributed by atoms with Gasteiger partial charge in [-0.25, -0.2) is 9.59 Å². The van der Waals surface area contributed by atoms with Crippen molar-refractivity contribution in [3.05, 3.63) is 41.0 Å². The second-order valence-electron chi connectivity index (χ2n) is 8.54. The number of benzene rings is 2. The molecule has 0 bridgehead atoms. The van der Waals surface area contributed by atoms with Gasteiger partial charge in [-0.2, -0.15) is 0 Å². The minimum atomic E-state index is -1.01. The summed E-state index contributed by atoms with van der Waals surface area (Å²) in [5.41, 5.74) is 2.14. The number of rotatable bonds is 5. The van der Waals surface area contributed by atoms with Gasteiger partial charge in [0.15, 0.2) is 0 Å². The summed E-state index contributed by atoms with van der Waals surface area (Å²) in [5, 5.41) is 24.5. The van der Waals surface area contributed by atoms with Gasteiger partial charge in [0.1, 0.15) is 0 Å². The Morgan fingerprint density at radius 3 is 1.90 bits per heavy atom. The highest BCUT2D eigenvalue weighted by molar-refractivity contribution is 6.16. The topological polar surface area (TPSA) is 86.6 Å². The van der Waals surface area contributed by atoms with Crippen LogP contribution in [-0.2, 0) is 0 Å². The first kappa shape index (κ1) is 19.7. The van der Waals surface area contributed by atoms with Gasteiger partial charge in [-0.05, 0) is 55.4 Å². The van der Waals surface area contributed by atoms with Gasteiger partial charge < -0.3 is 15.5 Å². The van der Waals surface area contributed by atoms with Crippen LogP contribution in [0.1, 0.15) is 96.4 Å². The Bertz CT molecular complexity index is 924. The summed E-state index contributed by atoms with van der Waals surface area (Å²) >= 11 is 0. The molecule has 0 amide bonds. The van der Waals surface area contributed by atoms with E-state index in [1.807, 2.05) is 6.07 Å². The van der Waals surface area contributed by atoms with Crippen LogP contribution in [0.15, 0.2) is 24.3 Å². The van der Waals surface area contributed by atoms with Crippen molar-refractivity contribution >= 4 is 28.4 Å². The molecule has 5 heteroatoms. The Hall–Kier alpha value is -2.56. The summed E-state index contributed by atoms with van der Waals surface area (Å²) in [4.78, 5) is 24.1. The molecule has 0 spiro atoms. The van der Waals surface area contributed by atoms with Crippen LogP contribution in [0.2, 0.25) is 0 Å². The van der Waals surface area contributed by atoms with Gasteiger partial charge in [0.25, 0.3) is 0 Å². The first-order chi connectivity index (χ1) is 14.1. The third-order valence-electron chi connectivity index (χ3n) is 6.66. The van der Waals surface area contributed by atoms with E-state index in [1.165, 1.54) is 25.7 Å². The highest BCUT2D eigenvalue weighted by atomic mass is 16.4. The van der Waals surface area contributed by atoms with Crippen LogP contribution in [0.5, 0.6) is 0 Å². The number of aromatic carboxylic acids is 2. The largest absolute Gasteiger partial charge is 0.478 e. The monoisotopic (exact) mass is 395 g/mol. The van der Waals surface area contributed by atoms with Crippen molar-refractivity contribution in [3.63, 3.8) is 0 Å². The van der Waals surface area contributed by atoms with Crippen molar-refractivity contribution in [2.45, 2.75) is 76.2 Å². The van der Waals surface area contributed by atoms with Gasteiger partial charge in [0.2, 0.25) is 0 Å². The van der Waals surface area contributed by atoms with Gasteiger partial charge in [-0.1, -0.05) is 44.6 Å². The fraction of sp³-hybridized carbons (Fsp3) is 0.500. The summed E-state index contributed by atoms with van der Waals surface area (Å²) in [6.45, 7) is 0. The van der Waals surface area contributed by atoms with E-state index >= 15 is 0 Å². The van der Waals surface area contributed by atoms with Crippen molar-refractivity contribution < 1.29 is 19.8 Å². The first-order valence-corrected chi connectivity index (χ1v) is 10.9. The lowest BCUT2D eigenvalue weighted by Crippen LogP contribution is -2.23. The van der Waals surface area contributed by atoms with E-state index in [2.05, 4.69) is 5.32 Å². The Kier molecular flexibility index (Phi) is 5.74. The highest BCUT2D eigenvalue weighted by Gasteiger charge is 2.26. The fourth-order valence-electron chi connectivity index (χ4n) is 5.22. The number of fused-ring (bicyclic) bond motifs is 1. The Morgan fingerprint density at radius 2 is 1.28 bits per heavy atom. The number of carboxylic acid groups (broad SMARTS) is 2. The maximum absolute atomic E-state index is 12.1. The van der Waals surface area contributed by atoms with Gasteiger partial charge >= 0.3 is 11.9 Å². The molecule has 0 heterocycles. The molecular formula is C24H29NO4. The molecule has 2 aliphatic carbocycles. The summed E-state index contributed by atoms with van der Waals surface area (Å²) in [7, 11) is 0. The van der Waals surface area contributed by atoms with E-state index in [1.54, 1.807) is 18.2 Å². The van der Waals surface area contributed by atoms with Gasteiger partial charge in [-0.15, -0.1) is 0 Å². The number of carbonyl (C=O) groups is 2. The van der Waals surface area contributed by atoms with Crippen LogP contribution in [0.3, 0.4) is 0 Å². The average molecular weight is 395 g/mol. The molecule has 2 aromatic rings. The van der Waals surface area contributed by atoms with Crippen molar-refractivity contribution in [1.82, 2.24) is 0 Å². The zero-order chi connectivity index (χ0) is 20.4. The minimum Gasteiger partial charge on any atom is -0.478 e. The molecule has 4 rings (SSSR count). The van der Waals surface area contributed by atoms with E-state index in [-0.39, 0.29) is 17.0 Å². The molecule has 29 heavy (non-hydrogen) atoms. The zero-order valence-electron chi connectivity index (χ0n) is 16.7. The average Bonchev–Trinajstić information content (AvgIpc) is 2.74. The molecule has 0 radical (unpaired) electrons. The molecule has 2 fully saturated rings. The summed E-state index contributed by atoms with van der Waals surface area (Å²) in [5.74, 6) is -1.73. The molecule has 0 atom stereocenters. The molecule has 0 aromatic heterocycles. The minimum absolute atomic E-state index is 0.181. The normalized spacial score (nSPS) is 18.6. The number of hydrogen-bond donors (Lipinski definition) is 3. The van der Waals surface area contributed by atoms with Crippen LogP contribution in [0, 0.1) is 0 Å². The fourth-order valence-corrected chi connectivity index (χ4v) is 5.22. The van der Waals surface area contributed by atoms with E-state index in [4.69, 9.17) is 0 Å². The van der Waals surface area contributed by atoms with Crippen molar-refractivity contribution in [2.75, 3.05) is 5.32 Å².